The summed E-state index contributed by atoms with van der Waals surface area (Å²) in [6, 6.07) is 0. The van der Waals surface area contributed by atoms with E-state index in [9.17, 15) is 0 Å². The molecule has 0 aliphatic carbocycles. The molecule has 0 saturated heterocycles. The summed E-state index contributed by atoms with van der Waals surface area (Å²) in [5, 5.41) is 6.07. The van der Waals surface area contributed by atoms with Gasteiger partial charge in [0.2, 0.25) is 0 Å². The van der Waals surface area contributed by atoms with Gasteiger partial charge >= 0.3 is 19.5 Å². The third kappa shape index (κ3) is 31.4. The van der Waals surface area contributed by atoms with Crippen molar-refractivity contribution in [2.45, 2.75) is 0 Å². The molecule has 15 heavy (non-hydrogen) atoms. The molecule has 0 saturated carbocycles. The molecule has 0 spiro atoms. The van der Waals surface area contributed by atoms with Crippen LogP contribution in [-0.2, 0) is 19.5 Å². The Morgan fingerprint density at radius 3 is 0.867 bits per heavy atom. The molecule has 0 unspecified atom stereocenters. The summed E-state index contributed by atoms with van der Waals surface area (Å²) >= 11 is 0. The van der Waals surface area contributed by atoms with Gasteiger partial charge in [0.05, 0.1) is 0 Å². The predicted molar refractivity (Wildman–Crippen MR) is 62.0 cm³/mol. The maximum atomic E-state index is 5.17. The number of nitrogens with one attached hydrogen (secondary N) is 2. The molecule has 10 N–H and O–H groups in total. The van der Waals surface area contributed by atoms with Gasteiger partial charge in [-0.2, -0.15) is 0 Å². The summed E-state index contributed by atoms with van der Waals surface area (Å²) in [6.45, 7) is 6.27. The minimum Gasteiger partial charge on any atom is -0.329 e. The molecule has 0 aliphatic heterocycles. The molecule has 0 atom stereocenters. The van der Waals surface area contributed by atoms with Gasteiger partial charge in [-0.05, 0) is 0 Å². The van der Waals surface area contributed by atoms with Crippen LogP contribution < -0.4 is 33.6 Å². The molecule has 6 nitrogen and oxygen atoms in total. The van der Waals surface area contributed by atoms with Gasteiger partial charge in [0.1, 0.15) is 0 Å². The molecule has 0 aromatic heterocycles. The Labute approximate surface area is 106 Å². The quantitative estimate of drug-likeness (QED) is 0.209. The van der Waals surface area contributed by atoms with Crippen LogP contribution in [0.1, 0.15) is 0 Å². The van der Waals surface area contributed by atoms with Gasteiger partial charge in [-0.15, -0.1) is 0 Å². The van der Waals surface area contributed by atoms with E-state index in [0.717, 1.165) is 26.2 Å². The third-order valence-electron chi connectivity index (χ3n) is 1.28. The minimum absolute atomic E-state index is 0. The Kier molecular flexibility index (Phi) is 33.1. The summed E-state index contributed by atoms with van der Waals surface area (Å²) in [5.74, 6) is 0. The zero-order valence-electron chi connectivity index (χ0n) is 9.32. The van der Waals surface area contributed by atoms with Crippen molar-refractivity contribution < 1.29 is 19.5 Å². The predicted octanol–water partition coefficient (Wildman–Crippen LogP) is -3.02. The molecule has 0 fully saturated rings. The second-order valence-electron chi connectivity index (χ2n) is 2.65. The van der Waals surface area contributed by atoms with Crippen LogP contribution in [0.15, 0.2) is 0 Å². The molecule has 0 rings (SSSR count). The van der Waals surface area contributed by atoms with E-state index in [1.807, 2.05) is 0 Å². The van der Waals surface area contributed by atoms with Crippen molar-refractivity contribution in [3.63, 3.8) is 0 Å². The summed E-state index contributed by atoms with van der Waals surface area (Å²) < 4.78 is 0. The van der Waals surface area contributed by atoms with Gasteiger partial charge in [-0.25, -0.2) is 0 Å². The van der Waals surface area contributed by atoms with Gasteiger partial charge < -0.3 is 33.6 Å². The van der Waals surface area contributed by atoms with Crippen LogP contribution in [0.4, 0.5) is 0 Å². The van der Waals surface area contributed by atoms with Crippen molar-refractivity contribution in [3.8, 4) is 0 Å². The number of hydrogen-bond donors (Lipinski definition) is 6. The SMILES string of the molecule is NCCNCCN.NCCNCCN.[Ru+3]. The Hall–Kier alpha value is 0.383. The molecule has 7 heteroatoms. The first-order valence-corrected chi connectivity index (χ1v) is 5.05. The molecule has 0 aliphatic rings. The average Bonchev–Trinajstić information content (AvgIpc) is 2.21. The van der Waals surface area contributed by atoms with E-state index >= 15 is 0 Å². The Morgan fingerprint density at radius 1 is 0.533 bits per heavy atom. The number of rotatable bonds is 8. The van der Waals surface area contributed by atoms with Crippen LogP contribution in [0.2, 0.25) is 0 Å². The summed E-state index contributed by atoms with van der Waals surface area (Å²) in [7, 11) is 0. The minimum atomic E-state index is 0. The van der Waals surface area contributed by atoms with Crippen molar-refractivity contribution in [2.75, 3.05) is 52.4 Å². The molecule has 0 bridgehead atoms. The van der Waals surface area contributed by atoms with E-state index in [1.54, 1.807) is 0 Å². The zero-order chi connectivity index (χ0) is 11.1. The fourth-order valence-electron chi connectivity index (χ4n) is 0.658. The van der Waals surface area contributed by atoms with Crippen LogP contribution in [0, 0.1) is 0 Å². The van der Waals surface area contributed by atoms with Crippen LogP contribution in [0.25, 0.3) is 0 Å². The van der Waals surface area contributed by atoms with Crippen LogP contribution >= 0.6 is 0 Å². The number of nitrogens with two attached hydrogens (primary N) is 4. The Bertz CT molecular complexity index is 67.5. The fourth-order valence-corrected chi connectivity index (χ4v) is 0.658. The summed E-state index contributed by atoms with van der Waals surface area (Å²) in [4.78, 5) is 0. The Balaban J connectivity index is -0.000000180. The van der Waals surface area contributed by atoms with Gasteiger partial charge in [0, 0.05) is 52.4 Å². The van der Waals surface area contributed by atoms with Crippen molar-refractivity contribution in [1.82, 2.24) is 10.6 Å². The molecule has 1 radical (unpaired) electrons. The molecular weight excluding hydrogens is 281 g/mol. The summed E-state index contributed by atoms with van der Waals surface area (Å²) in [5.41, 5.74) is 20.7. The molecule has 0 aromatic carbocycles. The summed E-state index contributed by atoms with van der Waals surface area (Å²) in [6.07, 6.45) is 0. The standard InChI is InChI=1S/2C4H13N3.Ru/c2*5-1-3-7-4-2-6;/h2*7H,1-6H2;/q;;+3. The van der Waals surface area contributed by atoms with Crippen LogP contribution in [0.5, 0.6) is 0 Å². The first-order chi connectivity index (χ1) is 6.83. The van der Waals surface area contributed by atoms with E-state index < -0.39 is 0 Å². The first-order valence-electron chi connectivity index (χ1n) is 5.05. The molecule has 0 amide bonds. The van der Waals surface area contributed by atoms with Crippen molar-refractivity contribution in [1.29, 1.82) is 0 Å². The molecule has 93 valence electrons. The largest absolute Gasteiger partial charge is 3.00 e. The van der Waals surface area contributed by atoms with Crippen molar-refractivity contribution in [3.05, 3.63) is 0 Å². The van der Waals surface area contributed by atoms with E-state index in [4.69, 9.17) is 22.9 Å². The first kappa shape index (κ1) is 20.8. The topological polar surface area (TPSA) is 128 Å². The van der Waals surface area contributed by atoms with Crippen molar-refractivity contribution in [2.24, 2.45) is 22.9 Å². The zero-order valence-corrected chi connectivity index (χ0v) is 11.1. The monoisotopic (exact) mass is 308 g/mol. The average molecular weight is 307 g/mol. The second kappa shape index (κ2) is 23.9. The third-order valence-corrected chi connectivity index (χ3v) is 1.28. The van der Waals surface area contributed by atoms with Gasteiger partial charge in [-0.1, -0.05) is 0 Å². The number of hydrogen-bond acceptors (Lipinski definition) is 6. The Morgan fingerprint density at radius 2 is 0.733 bits per heavy atom. The normalized spacial score (nSPS) is 8.80. The van der Waals surface area contributed by atoms with Crippen LogP contribution in [0.3, 0.4) is 0 Å². The second-order valence-corrected chi connectivity index (χ2v) is 2.65. The van der Waals surface area contributed by atoms with Gasteiger partial charge in [0.25, 0.3) is 0 Å². The van der Waals surface area contributed by atoms with Gasteiger partial charge in [0.15, 0.2) is 0 Å². The maximum absolute atomic E-state index is 5.17. The molecule has 0 heterocycles. The van der Waals surface area contributed by atoms with E-state index in [0.29, 0.717) is 26.2 Å². The van der Waals surface area contributed by atoms with E-state index in [-0.39, 0.29) is 19.5 Å². The fraction of sp³-hybridized carbons (Fsp3) is 1.00. The molecule has 0 aromatic rings. The maximum Gasteiger partial charge on any atom is 3.00 e. The van der Waals surface area contributed by atoms with E-state index in [1.165, 1.54) is 0 Å². The molecular formula is C8H26N6Ru+3. The van der Waals surface area contributed by atoms with E-state index in [2.05, 4.69) is 10.6 Å². The van der Waals surface area contributed by atoms with Crippen molar-refractivity contribution >= 4 is 0 Å². The van der Waals surface area contributed by atoms with Crippen LogP contribution in [-0.4, -0.2) is 52.4 Å². The smallest absolute Gasteiger partial charge is 0.329 e. The van der Waals surface area contributed by atoms with Gasteiger partial charge in [-0.3, -0.25) is 0 Å².